The average molecular weight is 287 g/mol. The molecule has 2 N–H and O–H groups in total. The van der Waals surface area contributed by atoms with Gasteiger partial charge in [0.1, 0.15) is 17.2 Å². The van der Waals surface area contributed by atoms with E-state index in [1.165, 1.54) is 17.0 Å². The molecule has 102 valence electrons. The molecule has 1 unspecified atom stereocenters. The molecule has 0 fully saturated rings. The third-order valence-corrected chi connectivity index (χ3v) is 4.02. The van der Waals surface area contributed by atoms with E-state index >= 15 is 0 Å². The molecule has 2 nitrogen and oxygen atoms in total. The monoisotopic (exact) mass is 287 g/mol. The van der Waals surface area contributed by atoms with E-state index in [1.54, 1.807) is 23.9 Å². The molecule has 2 aromatic carbocycles. The number of furan rings is 1. The standard InChI is InChI=1S/C16H14FNOS/c1-20-13-5-2-10(3-6-13)16(18)15-9-11-8-12(17)4-7-14(11)19-15/h2-9,16H,18H2,1H3. The van der Waals surface area contributed by atoms with Gasteiger partial charge in [0.25, 0.3) is 0 Å². The summed E-state index contributed by atoms with van der Waals surface area (Å²) in [5, 5.41) is 0.733. The summed E-state index contributed by atoms with van der Waals surface area (Å²) in [6, 6.07) is 13.9. The first-order valence-corrected chi connectivity index (χ1v) is 7.48. The first kappa shape index (κ1) is 13.2. The number of hydrogen-bond donors (Lipinski definition) is 1. The lowest BCUT2D eigenvalue weighted by atomic mass is 10.1. The van der Waals surface area contributed by atoms with E-state index in [1.807, 2.05) is 30.5 Å². The number of nitrogens with two attached hydrogens (primary N) is 1. The lowest BCUT2D eigenvalue weighted by Crippen LogP contribution is -2.10. The van der Waals surface area contributed by atoms with Gasteiger partial charge >= 0.3 is 0 Å². The van der Waals surface area contributed by atoms with Gasteiger partial charge in [-0.3, -0.25) is 0 Å². The molecule has 0 spiro atoms. The van der Waals surface area contributed by atoms with Crippen LogP contribution in [-0.4, -0.2) is 6.26 Å². The lowest BCUT2D eigenvalue weighted by molar-refractivity contribution is 0.524. The first-order chi connectivity index (χ1) is 9.67. The predicted octanol–water partition coefficient (Wildman–Crippen LogP) is 4.34. The quantitative estimate of drug-likeness (QED) is 0.728. The fourth-order valence-electron chi connectivity index (χ4n) is 2.16. The number of fused-ring (bicyclic) bond motifs is 1. The highest BCUT2D eigenvalue weighted by atomic mass is 32.2. The number of rotatable bonds is 3. The summed E-state index contributed by atoms with van der Waals surface area (Å²) in [5.74, 6) is 0.366. The molecule has 1 aromatic heterocycles. The van der Waals surface area contributed by atoms with Crippen LogP contribution in [0.4, 0.5) is 4.39 Å². The fraction of sp³-hybridized carbons (Fsp3) is 0.125. The summed E-state index contributed by atoms with van der Waals surface area (Å²) in [7, 11) is 0. The number of thioether (sulfide) groups is 1. The van der Waals surface area contributed by atoms with Crippen molar-refractivity contribution in [2.24, 2.45) is 5.73 Å². The molecule has 0 radical (unpaired) electrons. The first-order valence-electron chi connectivity index (χ1n) is 6.26. The van der Waals surface area contributed by atoms with E-state index in [4.69, 9.17) is 10.2 Å². The number of hydrogen-bond acceptors (Lipinski definition) is 3. The Bertz CT molecular complexity index is 736. The molecule has 0 bridgehead atoms. The van der Waals surface area contributed by atoms with Crippen LogP contribution in [0.2, 0.25) is 0 Å². The van der Waals surface area contributed by atoms with Gasteiger partial charge in [-0.15, -0.1) is 11.8 Å². The van der Waals surface area contributed by atoms with Crippen LogP contribution in [0.1, 0.15) is 17.4 Å². The van der Waals surface area contributed by atoms with Crippen LogP contribution in [0, 0.1) is 5.82 Å². The van der Waals surface area contributed by atoms with Gasteiger partial charge in [0, 0.05) is 10.3 Å². The van der Waals surface area contributed by atoms with E-state index < -0.39 is 0 Å². The van der Waals surface area contributed by atoms with Crippen molar-refractivity contribution in [3.63, 3.8) is 0 Å². The molecule has 1 atom stereocenters. The molecule has 3 rings (SSSR count). The summed E-state index contributed by atoms with van der Waals surface area (Å²) < 4.78 is 18.9. The second-order valence-electron chi connectivity index (χ2n) is 4.58. The van der Waals surface area contributed by atoms with E-state index in [-0.39, 0.29) is 11.9 Å². The Morgan fingerprint density at radius 3 is 2.55 bits per heavy atom. The Balaban J connectivity index is 1.96. The Hall–Kier alpha value is -1.78. The lowest BCUT2D eigenvalue weighted by Gasteiger charge is -2.09. The topological polar surface area (TPSA) is 39.2 Å². The Morgan fingerprint density at radius 1 is 1.10 bits per heavy atom. The molecule has 3 aromatic rings. The molecule has 0 amide bonds. The maximum Gasteiger partial charge on any atom is 0.134 e. The van der Waals surface area contributed by atoms with Crippen LogP contribution in [0.3, 0.4) is 0 Å². The zero-order valence-electron chi connectivity index (χ0n) is 11.0. The highest BCUT2D eigenvalue weighted by Crippen LogP contribution is 2.28. The van der Waals surface area contributed by atoms with Gasteiger partial charge < -0.3 is 10.2 Å². The minimum Gasteiger partial charge on any atom is -0.459 e. The van der Waals surface area contributed by atoms with Crippen LogP contribution in [0.5, 0.6) is 0 Å². The van der Waals surface area contributed by atoms with Gasteiger partial charge in [-0.2, -0.15) is 0 Å². The fourth-order valence-corrected chi connectivity index (χ4v) is 2.57. The second-order valence-corrected chi connectivity index (χ2v) is 5.46. The van der Waals surface area contributed by atoms with Crippen molar-refractivity contribution in [1.82, 2.24) is 0 Å². The maximum absolute atomic E-state index is 13.2. The minimum absolute atomic E-state index is 0.275. The molecule has 0 saturated heterocycles. The van der Waals surface area contributed by atoms with E-state index in [0.717, 1.165) is 10.9 Å². The Morgan fingerprint density at radius 2 is 1.85 bits per heavy atom. The second kappa shape index (κ2) is 5.31. The van der Waals surface area contributed by atoms with E-state index in [9.17, 15) is 4.39 Å². The highest BCUT2D eigenvalue weighted by Gasteiger charge is 2.14. The van der Waals surface area contributed by atoms with Crippen LogP contribution >= 0.6 is 11.8 Å². The summed E-state index contributed by atoms with van der Waals surface area (Å²) >= 11 is 1.68. The predicted molar refractivity (Wildman–Crippen MR) is 80.4 cm³/mol. The normalized spacial score (nSPS) is 12.8. The molecule has 20 heavy (non-hydrogen) atoms. The van der Waals surface area contributed by atoms with Crippen LogP contribution < -0.4 is 5.73 Å². The largest absolute Gasteiger partial charge is 0.459 e. The molecule has 0 aliphatic rings. The third-order valence-electron chi connectivity index (χ3n) is 3.28. The molecular weight excluding hydrogens is 273 g/mol. The van der Waals surface area contributed by atoms with Gasteiger partial charge in [-0.05, 0) is 48.2 Å². The average Bonchev–Trinajstić information content (AvgIpc) is 2.89. The summed E-state index contributed by atoms with van der Waals surface area (Å²) in [6.07, 6.45) is 2.03. The van der Waals surface area contributed by atoms with Crippen molar-refractivity contribution in [2.45, 2.75) is 10.9 Å². The number of halogens is 1. The molecule has 0 saturated carbocycles. The van der Waals surface area contributed by atoms with Gasteiger partial charge in [0.2, 0.25) is 0 Å². The van der Waals surface area contributed by atoms with Crippen LogP contribution in [0.15, 0.2) is 57.8 Å². The van der Waals surface area contributed by atoms with Gasteiger partial charge in [-0.1, -0.05) is 12.1 Å². The van der Waals surface area contributed by atoms with E-state index in [0.29, 0.717) is 11.3 Å². The van der Waals surface area contributed by atoms with Gasteiger partial charge in [0.05, 0.1) is 6.04 Å². The summed E-state index contributed by atoms with van der Waals surface area (Å²) in [6.45, 7) is 0. The Labute approximate surface area is 120 Å². The Kier molecular flexibility index (Phi) is 3.51. The molecule has 1 heterocycles. The SMILES string of the molecule is CSc1ccc(C(N)c2cc3cc(F)ccc3o2)cc1. The van der Waals surface area contributed by atoms with Gasteiger partial charge in [-0.25, -0.2) is 4.39 Å². The zero-order valence-corrected chi connectivity index (χ0v) is 11.8. The van der Waals surface area contributed by atoms with Crippen molar-refractivity contribution in [3.8, 4) is 0 Å². The van der Waals surface area contributed by atoms with Crippen LogP contribution in [0.25, 0.3) is 11.0 Å². The minimum atomic E-state index is -0.346. The molecular formula is C16H14FNOS. The summed E-state index contributed by atoms with van der Waals surface area (Å²) in [5.41, 5.74) is 7.84. The highest BCUT2D eigenvalue weighted by molar-refractivity contribution is 7.98. The van der Waals surface area contributed by atoms with Crippen LogP contribution in [-0.2, 0) is 0 Å². The third kappa shape index (κ3) is 2.44. The van der Waals surface area contributed by atoms with E-state index in [2.05, 4.69) is 0 Å². The molecule has 0 aliphatic heterocycles. The van der Waals surface area contributed by atoms with Crippen molar-refractivity contribution in [3.05, 3.63) is 65.7 Å². The summed E-state index contributed by atoms with van der Waals surface area (Å²) in [4.78, 5) is 1.19. The van der Waals surface area contributed by atoms with Crippen molar-refractivity contribution < 1.29 is 8.81 Å². The van der Waals surface area contributed by atoms with Crippen molar-refractivity contribution in [1.29, 1.82) is 0 Å². The molecule has 4 heteroatoms. The number of benzene rings is 2. The maximum atomic E-state index is 13.2. The van der Waals surface area contributed by atoms with Crippen molar-refractivity contribution in [2.75, 3.05) is 6.26 Å². The smallest absolute Gasteiger partial charge is 0.134 e. The van der Waals surface area contributed by atoms with Crippen molar-refractivity contribution >= 4 is 22.7 Å². The molecule has 0 aliphatic carbocycles. The van der Waals surface area contributed by atoms with Gasteiger partial charge in [0.15, 0.2) is 0 Å². The zero-order chi connectivity index (χ0) is 14.1.